The third-order valence-electron chi connectivity index (χ3n) is 0.632. The molecule has 0 aliphatic rings. The van der Waals surface area contributed by atoms with Crippen LogP contribution in [0.2, 0.25) is 0 Å². The molecule has 0 N–H and O–H groups in total. The Labute approximate surface area is 57.3 Å². The minimum atomic E-state index is -0.220. The van der Waals surface area contributed by atoms with Crippen LogP contribution in [0.25, 0.3) is 0 Å². The summed E-state index contributed by atoms with van der Waals surface area (Å²) in [6.45, 7) is 3.55. The van der Waals surface area contributed by atoms with Crippen molar-refractivity contribution in [2.75, 3.05) is 0 Å². The Hall–Kier alpha value is -0.0500. The molecule has 0 aromatic rings. The molecule has 0 aromatic carbocycles. The zero-order chi connectivity index (χ0) is 6.57. The van der Waals surface area contributed by atoms with E-state index < -0.39 is 0 Å². The minimum absolute atomic E-state index is 0.0520. The van der Waals surface area contributed by atoms with Gasteiger partial charge in [-0.05, 0) is 15.9 Å². The van der Waals surface area contributed by atoms with Crippen LogP contribution in [-0.2, 0) is 9.53 Å². The van der Waals surface area contributed by atoms with E-state index in [0.29, 0.717) is 0 Å². The second kappa shape index (κ2) is 3.89. The summed E-state index contributed by atoms with van der Waals surface area (Å²) in [4.78, 5) is 10.5. The monoisotopic (exact) mass is 179 g/mol. The molecule has 0 saturated carbocycles. The van der Waals surface area contributed by atoms with Gasteiger partial charge >= 0.3 is 5.97 Å². The Morgan fingerprint density at radius 2 is 2.25 bits per heavy atom. The van der Waals surface area contributed by atoms with E-state index in [2.05, 4.69) is 20.7 Å². The second-order valence-electron chi connectivity index (χ2n) is 1.68. The molecule has 3 heteroatoms. The van der Waals surface area contributed by atoms with Crippen LogP contribution in [0.5, 0.6) is 0 Å². The lowest BCUT2D eigenvalue weighted by atomic mass is 10.2. The molecule has 0 amide bonds. The van der Waals surface area contributed by atoms with E-state index in [0.717, 1.165) is 0 Å². The van der Waals surface area contributed by atoms with E-state index in [1.165, 1.54) is 5.52 Å². The average Bonchev–Trinajstić information content (AvgIpc) is 1.67. The van der Waals surface area contributed by atoms with Crippen LogP contribution in [0.3, 0.4) is 0 Å². The van der Waals surface area contributed by atoms with Crippen LogP contribution in [0.4, 0.5) is 0 Å². The quantitative estimate of drug-likeness (QED) is 0.604. The van der Waals surface area contributed by atoms with Crippen molar-refractivity contribution in [3.63, 3.8) is 0 Å². The van der Waals surface area contributed by atoms with Gasteiger partial charge in [0.15, 0.2) is 0 Å². The van der Waals surface area contributed by atoms with Gasteiger partial charge in [-0.2, -0.15) is 0 Å². The Kier molecular flexibility index (Phi) is 3.87. The second-order valence-corrected chi connectivity index (χ2v) is 2.05. The minimum Gasteiger partial charge on any atom is -0.445 e. The molecule has 0 aromatic heterocycles. The molecule has 0 unspecified atom stereocenters. The highest BCUT2D eigenvalue weighted by Crippen LogP contribution is 1.99. The molecule has 8 heavy (non-hydrogen) atoms. The van der Waals surface area contributed by atoms with Crippen molar-refractivity contribution in [3.05, 3.63) is 5.52 Å². The number of carbonyl (C=O) groups is 1. The first kappa shape index (κ1) is 7.95. The first-order chi connectivity index (χ1) is 3.68. The molecule has 0 heterocycles. The Morgan fingerprint density at radius 3 is 2.38 bits per heavy atom. The lowest BCUT2D eigenvalue weighted by Gasteiger charge is -2.00. The van der Waals surface area contributed by atoms with Crippen molar-refractivity contribution >= 4 is 21.9 Å². The fraction of sp³-hybridized carbons (Fsp3) is 0.600. The van der Waals surface area contributed by atoms with Crippen LogP contribution in [0, 0.1) is 11.4 Å². The molecule has 0 fully saturated rings. The van der Waals surface area contributed by atoms with E-state index in [9.17, 15) is 4.79 Å². The third kappa shape index (κ3) is 3.02. The van der Waals surface area contributed by atoms with E-state index >= 15 is 0 Å². The van der Waals surface area contributed by atoms with Crippen LogP contribution in [0.15, 0.2) is 0 Å². The topological polar surface area (TPSA) is 26.3 Å². The molecule has 0 bridgehead atoms. The number of halogens is 1. The van der Waals surface area contributed by atoms with Crippen molar-refractivity contribution in [1.82, 2.24) is 0 Å². The molecule has 0 rings (SSSR count). The highest BCUT2D eigenvalue weighted by molar-refractivity contribution is 9.10. The van der Waals surface area contributed by atoms with Crippen molar-refractivity contribution in [2.45, 2.75) is 13.8 Å². The molecule has 1 radical (unpaired) electrons. The van der Waals surface area contributed by atoms with Gasteiger partial charge in [0.2, 0.25) is 5.52 Å². The standard InChI is InChI=1S/C5H8BrO2/c1-4(2)5(7)8-3-6/h3-4H,1-2H3. The summed E-state index contributed by atoms with van der Waals surface area (Å²) >= 11 is 2.85. The smallest absolute Gasteiger partial charge is 0.309 e. The normalized spacial score (nSPS) is 9.50. The molecular weight excluding hydrogens is 172 g/mol. The number of esters is 1. The van der Waals surface area contributed by atoms with E-state index in [-0.39, 0.29) is 11.9 Å². The summed E-state index contributed by atoms with van der Waals surface area (Å²) in [6.07, 6.45) is 0. The number of carbonyl (C=O) groups excluding carboxylic acids is 1. The fourth-order valence-corrected chi connectivity index (χ4v) is 0.364. The van der Waals surface area contributed by atoms with Gasteiger partial charge in [0.1, 0.15) is 0 Å². The van der Waals surface area contributed by atoms with E-state index in [1.54, 1.807) is 13.8 Å². The van der Waals surface area contributed by atoms with Gasteiger partial charge < -0.3 is 4.74 Å². The van der Waals surface area contributed by atoms with Crippen molar-refractivity contribution < 1.29 is 9.53 Å². The summed E-state index contributed by atoms with van der Waals surface area (Å²) in [7, 11) is 0. The summed E-state index contributed by atoms with van der Waals surface area (Å²) < 4.78 is 4.46. The lowest BCUT2D eigenvalue weighted by Crippen LogP contribution is -2.07. The van der Waals surface area contributed by atoms with Crippen LogP contribution in [0.1, 0.15) is 13.8 Å². The first-order valence-electron chi connectivity index (χ1n) is 2.31. The maximum atomic E-state index is 10.5. The average molecular weight is 180 g/mol. The largest absolute Gasteiger partial charge is 0.445 e. The van der Waals surface area contributed by atoms with Crippen molar-refractivity contribution in [2.24, 2.45) is 5.92 Å². The summed E-state index contributed by atoms with van der Waals surface area (Å²) in [5.41, 5.74) is 1.20. The van der Waals surface area contributed by atoms with E-state index in [1.807, 2.05) is 0 Å². The predicted octanol–water partition coefficient (Wildman–Crippen LogP) is 1.70. The number of hydrogen-bond donors (Lipinski definition) is 0. The Balaban J connectivity index is 3.33. The van der Waals surface area contributed by atoms with Gasteiger partial charge in [-0.3, -0.25) is 4.79 Å². The zero-order valence-corrected chi connectivity index (χ0v) is 6.44. The zero-order valence-electron chi connectivity index (χ0n) is 4.85. The first-order valence-corrected chi connectivity index (χ1v) is 3.22. The van der Waals surface area contributed by atoms with Crippen molar-refractivity contribution in [1.29, 1.82) is 0 Å². The summed E-state index contributed by atoms with van der Waals surface area (Å²) in [5, 5.41) is 0. The van der Waals surface area contributed by atoms with Gasteiger partial charge in [-0.15, -0.1) is 0 Å². The summed E-state index contributed by atoms with van der Waals surface area (Å²) in [5.74, 6) is -0.273. The maximum absolute atomic E-state index is 10.5. The van der Waals surface area contributed by atoms with E-state index in [4.69, 9.17) is 0 Å². The Morgan fingerprint density at radius 1 is 1.75 bits per heavy atom. The molecular formula is C5H8BrO2. The van der Waals surface area contributed by atoms with Gasteiger partial charge in [0.05, 0.1) is 5.92 Å². The number of rotatable bonds is 2. The molecule has 0 atom stereocenters. The molecule has 2 nitrogen and oxygen atoms in total. The number of hydrogen-bond acceptors (Lipinski definition) is 2. The highest BCUT2D eigenvalue weighted by atomic mass is 79.9. The van der Waals surface area contributed by atoms with Crippen LogP contribution >= 0.6 is 15.9 Å². The summed E-state index contributed by atoms with van der Waals surface area (Å²) in [6, 6.07) is 0. The van der Waals surface area contributed by atoms with Gasteiger partial charge in [0, 0.05) is 0 Å². The SMILES string of the molecule is CC(C)C(=O)O[CH]Br. The molecule has 0 aliphatic carbocycles. The highest BCUT2D eigenvalue weighted by Gasteiger charge is 2.05. The van der Waals surface area contributed by atoms with Crippen molar-refractivity contribution in [3.8, 4) is 0 Å². The third-order valence-corrected chi connectivity index (χ3v) is 0.819. The van der Waals surface area contributed by atoms with Gasteiger partial charge in [-0.25, -0.2) is 0 Å². The number of ether oxygens (including phenoxy) is 1. The Bertz CT molecular complexity index is 80.5. The van der Waals surface area contributed by atoms with Crippen LogP contribution < -0.4 is 0 Å². The molecule has 0 saturated heterocycles. The van der Waals surface area contributed by atoms with Crippen LogP contribution in [-0.4, -0.2) is 5.97 Å². The van der Waals surface area contributed by atoms with Gasteiger partial charge in [-0.1, -0.05) is 13.8 Å². The molecule has 47 valence electrons. The lowest BCUT2D eigenvalue weighted by molar-refractivity contribution is -0.142. The predicted molar refractivity (Wildman–Crippen MR) is 34.2 cm³/mol. The van der Waals surface area contributed by atoms with Gasteiger partial charge in [0.25, 0.3) is 0 Å². The maximum Gasteiger partial charge on any atom is 0.309 e. The fourth-order valence-electron chi connectivity index (χ4n) is 0.180. The molecule has 0 spiro atoms. The molecule has 0 aliphatic heterocycles.